The zero-order valence-electron chi connectivity index (χ0n) is 17.7. The Morgan fingerprint density at radius 3 is 2.18 bits per heavy atom. The van der Waals surface area contributed by atoms with Crippen molar-refractivity contribution in [3.05, 3.63) is 101 Å². The first kappa shape index (κ1) is 21.4. The van der Waals surface area contributed by atoms with Crippen LogP contribution in [0.3, 0.4) is 0 Å². The van der Waals surface area contributed by atoms with Crippen molar-refractivity contribution in [1.82, 2.24) is 10.2 Å². The Labute approximate surface area is 201 Å². The number of carbonyl (C=O) groups is 2. The molecular formula is C27H20N2O2S2. The fraction of sp³-hybridized carbons (Fsp3) is 0.0741. The molecule has 0 bridgehead atoms. The highest BCUT2D eigenvalue weighted by Gasteiger charge is 2.33. The van der Waals surface area contributed by atoms with Crippen molar-refractivity contribution in [2.45, 2.75) is 6.54 Å². The molecule has 0 unspecified atom stereocenters. The molecule has 162 valence electrons. The summed E-state index contributed by atoms with van der Waals surface area (Å²) in [4.78, 5) is 27.6. The summed E-state index contributed by atoms with van der Waals surface area (Å²) in [5.74, 6) is -0.483. The number of nitrogens with one attached hydrogen (secondary N) is 1. The van der Waals surface area contributed by atoms with E-state index in [9.17, 15) is 9.59 Å². The fourth-order valence-corrected chi connectivity index (χ4v) is 5.20. The van der Waals surface area contributed by atoms with E-state index in [0.29, 0.717) is 15.8 Å². The third kappa shape index (κ3) is 4.40. The molecule has 1 fully saturated rings. The van der Waals surface area contributed by atoms with Crippen molar-refractivity contribution in [1.29, 1.82) is 0 Å². The van der Waals surface area contributed by atoms with Crippen molar-refractivity contribution in [3.63, 3.8) is 0 Å². The summed E-state index contributed by atoms with van der Waals surface area (Å²) in [5, 5.41) is 7.22. The molecular weight excluding hydrogens is 448 g/mol. The number of hydrogen-bond acceptors (Lipinski definition) is 4. The van der Waals surface area contributed by atoms with Crippen LogP contribution in [-0.4, -0.2) is 27.6 Å². The van der Waals surface area contributed by atoms with Crippen LogP contribution in [0.1, 0.15) is 11.1 Å². The molecule has 33 heavy (non-hydrogen) atoms. The van der Waals surface area contributed by atoms with Crippen LogP contribution in [0.5, 0.6) is 0 Å². The molecule has 4 aromatic carbocycles. The van der Waals surface area contributed by atoms with Gasteiger partial charge in [-0.05, 0) is 44.8 Å². The Morgan fingerprint density at radius 1 is 0.909 bits per heavy atom. The molecule has 6 heteroatoms. The summed E-state index contributed by atoms with van der Waals surface area (Å²) >= 11 is 6.68. The third-order valence-corrected chi connectivity index (χ3v) is 6.97. The molecule has 1 aliphatic heterocycles. The van der Waals surface area contributed by atoms with Gasteiger partial charge in [-0.3, -0.25) is 14.5 Å². The van der Waals surface area contributed by atoms with Crippen LogP contribution < -0.4 is 5.32 Å². The Balaban J connectivity index is 1.41. The second-order valence-electron chi connectivity index (χ2n) is 7.76. The lowest BCUT2D eigenvalue weighted by atomic mass is 9.96. The van der Waals surface area contributed by atoms with E-state index in [2.05, 4.69) is 35.6 Å². The van der Waals surface area contributed by atoms with E-state index in [1.807, 2.05) is 60.7 Å². The van der Waals surface area contributed by atoms with Crippen LogP contribution in [0, 0.1) is 0 Å². The average molecular weight is 469 g/mol. The predicted octanol–water partition coefficient (Wildman–Crippen LogP) is 5.51. The van der Waals surface area contributed by atoms with Crippen molar-refractivity contribution < 1.29 is 9.59 Å². The monoisotopic (exact) mass is 468 g/mol. The number of thioether (sulfide) groups is 1. The minimum absolute atomic E-state index is 0.0921. The van der Waals surface area contributed by atoms with Gasteiger partial charge in [0.25, 0.3) is 5.91 Å². The number of carbonyl (C=O) groups excluding carboxylic acids is 2. The molecule has 0 spiro atoms. The lowest BCUT2D eigenvalue weighted by Gasteiger charge is -2.14. The van der Waals surface area contributed by atoms with Crippen LogP contribution in [0.15, 0.2) is 89.8 Å². The van der Waals surface area contributed by atoms with Gasteiger partial charge in [0, 0.05) is 6.54 Å². The Morgan fingerprint density at radius 2 is 1.52 bits per heavy atom. The van der Waals surface area contributed by atoms with Crippen molar-refractivity contribution in [3.8, 4) is 0 Å². The van der Waals surface area contributed by atoms with Crippen LogP contribution in [0.4, 0.5) is 0 Å². The van der Waals surface area contributed by atoms with Gasteiger partial charge in [0.15, 0.2) is 0 Å². The van der Waals surface area contributed by atoms with Crippen molar-refractivity contribution in [2.24, 2.45) is 0 Å². The maximum atomic E-state index is 13.2. The van der Waals surface area contributed by atoms with E-state index in [0.717, 1.165) is 32.7 Å². The minimum Gasteiger partial charge on any atom is -0.350 e. The van der Waals surface area contributed by atoms with E-state index in [-0.39, 0.29) is 18.4 Å². The zero-order valence-corrected chi connectivity index (χ0v) is 19.3. The van der Waals surface area contributed by atoms with Gasteiger partial charge in [-0.2, -0.15) is 0 Å². The van der Waals surface area contributed by atoms with Crippen LogP contribution in [-0.2, 0) is 16.1 Å². The third-order valence-electron chi connectivity index (χ3n) is 5.60. The minimum atomic E-state index is -0.244. The smallest absolute Gasteiger partial charge is 0.266 e. The van der Waals surface area contributed by atoms with Crippen LogP contribution in [0.2, 0.25) is 0 Å². The lowest BCUT2D eigenvalue weighted by Crippen LogP contribution is -2.39. The molecule has 0 atom stereocenters. The molecule has 0 radical (unpaired) electrons. The highest BCUT2D eigenvalue weighted by Crippen LogP contribution is 2.36. The highest BCUT2D eigenvalue weighted by atomic mass is 32.2. The van der Waals surface area contributed by atoms with Gasteiger partial charge < -0.3 is 5.32 Å². The van der Waals surface area contributed by atoms with Crippen LogP contribution >= 0.6 is 24.0 Å². The second kappa shape index (κ2) is 9.17. The first-order valence-electron chi connectivity index (χ1n) is 10.6. The van der Waals surface area contributed by atoms with Gasteiger partial charge in [-0.1, -0.05) is 103 Å². The largest absolute Gasteiger partial charge is 0.350 e. The summed E-state index contributed by atoms with van der Waals surface area (Å²) < 4.78 is 0.394. The first-order chi connectivity index (χ1) is 16.1. The normalized spacial score (nSPS) is 15.0. The summed E-state index contributed by atoms with van der Waals surface area (Å²) in [6, 6.07) is 28.1. The number of fused-ring (bicyclic) bond motifs is 2. The van der Waals surface area contributed by atoms with E-state index in [1.54, 1.807) is 0 Å². The number of amides is 2. The second-order valence-corrected chi connectivity index (χ2v) is 9.44. The van der Waals surface area contributed by atoms with Gasteiger partial charge in [0.2, 0.25) is 5.91 Å². The molecule has 0 aliphatic carbocycles. The number of nitrogens with zero attached hydrogens (tertiary/aromatic N) is 1. The summed E-state index contributed by atoms with van der Waals surface area (Å²) in [5.41, 5.74) is 1.98. The van der Waals surface area contributed by atoms with E-state index >= 15 is 0 Å². The van der Waals surface area contributed by atoms with Gasteiger partial charge in [-0.15, -0.1) is 0 Å². The van der Waals surface area contributed by atoms with E-state index in [1.165, 1.54) is 16.7 Å². The summed E-state index contributed by atoms with van der Waals surface area (Å²) in [6.07, 6.45) is 1.91. The summed E-state index contributed by atoms with van der Waals surface area (Å²) in [6.45, 7) is 0.317. The molecule has 1 saturated heterocycles. The number of thiocarbonyl (C=S) groups is 1. The summed E-state index contributed by atoms with van der Waals surface area (Å²) in [7, 11) is 0. The SMILES string of the molecule is O=C(CN1C(=O)/C(=C/c2c3ccccc3cc3ccccc23)SC1=S)NCc1ccccc1. The highest BCUT2D eigenvalue weighted by molar-refractivity contribution is 8.26. The first-order valence-corrected chi connectivity index (χ1v) is 11.8. The molecule has 1 aliphatic rings. The number of hydrogen-bond donors (Lipinski definition) is 1. The standard InChI is InChI=1S/C27H20N2O2S2/c30-25(28-16-18-8-2-1-3-9-18)17-29-26(31)24(33-27(29)32)15-23-21-12-6-4-10-19(21)14-20-11-5-7-13-22(20)23/h1-15H,16-17H2,(H,28,30)/b24-15-. The van der Waals surface area contributed by atoms with Gasteiger partial charge in [-0.25, -0.2) is 0 Å². The quantitative estimate of drug-likeness (QED) is 0.238. The predicted molar refractivity (Wildman–Crippen MR) is 140 cm³/mol. The lowest BCUT2D eigenvalue weighted by molar-refractivity contribution is -0.128. The van der Waals surface area contributed by atoms with E-state index in [4.69, 9.17) is 12.2 Å². The molecule has 0 saturated carbocycles. The number of benzene rings is 4. The molecule has 2 amide bonds. The maximum absolute atomic E-state index is 13.2. The van der Waals surface area contributed by atoms with Crippen molar-refractivity contribution >= 4 is 67.7 Å². The van der Waals surface area contributed by atoms with E-state index < -0.39 is 0 Å². The Bertz CT molecular complexity index is 1380. The van der Waals surface area contributed by atoms with Gasteiger partial charge in [0.1, 0.15) is 10.9 Å². The molecule has 5 rings (SSSR count). The average Bonchev–Trinajstić information content (AvgIpc) is 3.10. The van der Waals surface area contributed by atoms with Crippen LogP contribution in [0.25, 0.3) is 27.6 Å². The van der Waals surface area contributed by atoms with Crippen molar-refractivity contribution in [2.75, 3.05) is 6.54 Å². The number of rotatable bonds is 5. The maximum Gasteiger partial charge on any atom is 0.266 e. The topological polar surface area (TPSA) is 49.4 Å². The Hall–Kier alpha value is -3.48. The van der Waals surface area contributed by atoms with Gasteiger partial charge in [0.05, 0.1) is 4.91 Å². The molecule has 4 aromatic rings. The molecule has 1 heterocycles. The molecule has 0 aromatic heterocycles. The fourth-order valence-electron chi connectivity index (χ4n) is 3.97. The van der Waals surface area contributed by atoms with Gasteiger partial charge >= 0.3 is 0 Å². The Kier molecular flexibility index (Phi) is 5.94. The zero-order chi connectivity index (χ0) is 22.8. The molecule has 4 nitrogen and oxygen atoms in total. The molecule has 1 N–H and O–H groups in total.